The van der Waals surface area contributed by atoms with Gasteiger partial charge in [-0.1, -0.05) is 6.07 Å². The van der Waals surface area contributed by atoms with Crippen molar-refractivity contribution in [3.8, 4) is 0 Å². The first-order chi connectivity index (χ1) is 10.1. The quantitative estimate of drug-likeness (QED) is 0.807. The van der Waals surface area contributed by atoms with Crippen molar-refractivity contribution >= 4 is 16.9 Å². The van der Waals surface area contributed by atoms with Gasteiger partial charge in [-0.15, -0.1) is 0 Å². The highest BCUT2D eigenvalue weighted by molar-refractivity contribution is 5.80. The zero-order valence-corrected chi connectivity index (χ0v) is 12.0. The van der Waals surface area contributed by atoms with Crippen LogP contribution in [0.5, 0.6) is 0 Å². The third kappa shape index (κ3) is 2.26. The molecule has 2 saturated carbocycles. The second-order valence-corrected chi connectivity index (χ2v) is 6.54. The lowest BCUT2D eigenvalue weighted by atomic mass is 10.0. The molecule has 110 valence electrons. The van der Waals surface area contributed by atoms with E-state index >= 15 is 0 Å². The van der Waals surface area contributed by atoms with Crippen LogP contribution in [-0.2, 0) is 4.79 Å². The first-order valence-corrected chi connectivity index (χ1v) is 7.62. The molecule has 1 amide bonds. The standard InChI is InChI=1S/C16H19N3O2/c1-8(17-15(20)12-5-10-4-11(10)6-12)9-2-3-13-14(7-9)19-16(21)18-13/h2-3,7-8,10-12H,4-6H2,1H3,(H,17,20)(H2,18,19,21). The molecule has 3 unspecified atom stereocenters. The Labute approximate surface area is 122 Å². The van der Waals surface area contributed by atoms with Gasteiger partial charge in [-0.3, -0.25) is 4.79 Å². The minimum Gasteiger partial charge on any atom is -0.349 e. The van der Waals surface area contributed by atoms with Gasteiger partial charge in [0.2, 0.25) is 5.91 Å². The topological polar surface area (TPSA) is 77.8 Å². The monoisotopic (exact) mass is 285 g/mol. The molecule has 2 fully saturated rings. The number of carbonyl (C=O) groups is 1. The van der Waals surface area contributed by atoms with Crippen LogP contribution in [0.4, 0.5) is 0 Å². The molecule has 5 heteroatoms. The third-order valence-corrected chi connectivity index (χ3v) is 5.01. The van der Waals surface area contributed by atoms with Gasteiger partial charge in [0, 0.05) is 5.92 Å². The fourth-order valence-corrected chi connectivity index (χ4v) is 3.66. The molecule has 0 spiro atoms. The van der Waals surface area contributed by atoms with E-state index in [-0.39, 0.29) is 23.6 Å². The molecule has 1 heterocycles. The van der Waals surface area contributed by atoms with Gasteiger partial charge in [0.25, 0.3) is 0 Å². The fourth-order valence-electron chi connectivity index (χ4n) is 3.66. The van der Waals surface area contributed by atoms with Gasteiger partial charge >= 0.3 is 5.69 Å². The van der Waals surface area contributed by atoms with Gasteiger partial charge in [0.1, 0.15) is 0 Å². The molecule has 0 saturated heterocycles. The number of H-pyrrole nitrogens is 2. The average Bonchev–Trinajstić information content (AvgIpc) is 2.90. The van der Waals surface area contributed by atoms with Crippen molar-refractivity contribution in [2.24, 2.45) is 17.8 Å². The summed E-state index contributed by atoms with van der Waals surface area (Å²) in [6.45, 7) is 1.99. The van der Waals surface area contributed by atoms with Crippen LogP contribution < -0.4 is 11.0 Å². The van der Waals surface area contributed by atoms with E-state index in [1.54, 1.807) is 0 Å². The summed E-state index contributed by atoms with van der Waals surface area (Å²) in [6, 6.07) is 5.70. The summed E-state index contributed by atoms with van der Waals surface area (Å²) in [5.41, 5.74) is 2.37. The van der Waals surface area contributed by atoms with Crippen LogP contribution in [-0.4, -0.2) is 15.9 Å². The maximum atomic E-state index is 12.3. The molecular formula is C16H19N3O2. The number of carbonyl (C=O) groups excluding carboxylic acids is 1. The van der Waals surface area contributed by atoms with E-state index in [0.717, 1.165) is 41.3 Å². The molecule has 2 aliphatic rings. The van der Waals surface area contributed by atoms with Crippen molar-refractivity contribution in [1.29, 1.82) is 0 Å². The van der Waals surface area contributed by atoms with Gasteiger partial charge < -0.3 is 15.3 Å². The van der Waals surface area contributed by atoms with Crippen LogP contribution in [0.15, 0.2) is 23.0 Å². The largest absolute Gasteiger partial charge is 0.349 e. The van der Waals surface area contributed by atoms with E-state index < -0.39 is 0 Å². The molecular weight excluding hydrogens is 266 g/mol. The summed E-state index contributed by atoms with van der Waals surface area (Å²) in [5.74, 6) is 2.01. The fraction of sp³-hybridized carbons (Fsp3) is 0.500. The Hall–Kier alpha value is -2.04. The number of aromatic nitrogens is 2. The van der Waals surface area contributed by atoms with Gasteiger partial charge in [-0.05, 0) is 55.7 Å². The van der Waals surface area contributed by atoms with Crippen LogP contribution in [0, 0.1) is 17.8 Å². The number of fused-ring (bicyclic) bond motifs is 2. The number of hydrogen-bond donors (Lipinski definition) is 3. The van der Waals surface area contributed by atoms with Crippen LogP contribution in [0.1, 0.15) is 37.8 Å². The summed E-state index contributed by atoms with van der Waals surface area (Å²) in [6.07, 6.45) is 3.46. The minimum atomic E-state index is -0.205. The van der Waals surface area contributed by atoms with Crippen LogP contribution in [0.3, 0.4) is 0 Å². The zero-order valence-electron chi connectivity index (χ0n) is 12.0. The van der Waals surface area contributed by atoms with E-state index in [1.165, 1.54) is 6.42 Å². The Bertz CT molecular complexity index is 750. The number of aromatic amines is 2. The third-order valence-electron chi connectivity index (χ3n) is 5.01. The average molecular weight is 285 g/mol. The van der Waals surface area contributed by atoms with Crippen molar-refractivity contribution in [3.63, 3.8) is 0 Å². The van der Waals surface area contributed by atoms with Crippen molar-refractivity contribution in [1.82, 2.24) is 15.3 Å². The lowest BCUT2D eigenvalue weighted by Crippen LogP contribution is -2.32. The number of benzene rings is 1. The molecule has 2 aliphatic carbocycles. The molecule has 3 N–H and O–H groups in total. The summed E-state index contributed by atoms with van der Waals surface area (Å²) < 4.78 is 0. The molecule has 0 bridgehead atoms. The summed E-state index contributed by atoms with van der Waals surface area (Å²) in [5, 5.41) is 3.11. The van der Waals surface area contributed by atoms with E-state index in [0.29, 0.717) is 0 Å². The van der Waals surface area contributed by atoms with Crippen molar-refractivity contribution in [2.45, 2.75) is 32.2 Å². The highest BCUT2D eigenvalue weighted by Crippen LogP contribution is 2.54. The Kier molecular flexibility index (Phi) is 2.71. The predicted molar refractivity (Wildman–Crippen MR) is 79.8 cm³/mol. The predicted octanol–water partition coefficient (Wildman–Crippen LogP) is 2.08. The summed E-state index contributed by atoms with van der Waals surface area (Å²) in [7, 11) is 0. The second-order valence-electron chi connectivity index (χ2n) is 6.54. The molecule has 0 radical (unpaired) electrons. The van der Waals surface area contributed by atoms with Gasteiger partial charge in [0.05, 0.1) is 17.1 Å². The van der Waals surface area contributed by atoms with Crippen LogP contribution in [0.2, 0.25) is 0 Å². The van der Waals surface area contributed by atoms with Crippen molar-refractivity contribution < 1.29 is 4.79 Å². The minimum absolute atomic E-state index is 0.0442. The van der Waals surface area contributed by atoms with E-state index in [1.807, 2.05) is 25.1 Å². The van der Waals surface area contributed by atoms with Crippen molar-refractivity contribution in [2.75, 3.05) is 0 Å². The molecule has 0 aliphatic heterocycles. The Balaban J connectivity index is 1.48. The highest BCUT2D eigenvalue weighted by atomic mass is 16.2. The highest BCUT2D eigenvalue weighted by Gasteiger charge is 2.48. The van der Waals surface area contributed by atoms with Crippen LogP contribution in [0.25, 0.3) is 11.0 Å². The van der Waals surface area contributed by atoms with E-state index in [4.69, 9.17) is 0 Å². The maximum absolute atomic E-state index is 12.3. The molecule has 3 atom stereocenters. The second kappa shape index (κ2) is 4.48. The maximum Gasteiger partial charge on any atom is 0.323 e. The number of imidazole rings is 1. The van der Waals surface area contributed by atoms with E-state index in [2.05, 4.69) is 15.3 Å². The van der Waals surface area contributed by atoms with Crippen molar-refractivity contribution in [3.05, 3.63) is 34.2 Å². The molecule has 4 rings (SSSR count). The molecule has 2 aromatic rings. The lowest BCUT2D eigenvalue weighted by Gasteiger charge is -2.18. The number of nitrogens with one attached hydrogen (secondary N) is 3. The molecule has 1 aromatic carbocycles. The Morgan fingerprint density at radius 1 is 1.19 bits per heavy atom. The Morgan fingerprint density at radius 3 is 2.67 bits per heavy atom. The summed E-state index contributed by atoms with van der Waals surface area (Å²) >= 11 is 0. The molecule has 1 aromatic heterocycles. The first-order valence-electron chi connectivity index (χ1n) is 7.62. The van der Waals surface area contributed by atoms with Gasteiger partial charge in [-0.2, -0.15) is 0 Å². The lowest BCUT2D eigenvalue weighted by molar-refractivity contribution is -0.125. The number of amides is 1. The molecule has 5 nitrogen and oxygen atoms in total. The SMILES string of the molecule is CC(NC(=O)C1CC2CC2C1)c1ccc2[nH]c(=O)[nH]c2c1. The zero-order chi connectivity index (χ0) is 14.6. The van der Waals surface area contributed by atoms with Gasteiger partial charge in [0.15, 0.2) is 0 Å². The Morgan fingerprint density at radius 2 is 1.90 bits per heavy atom. The van der Waals surface area contributed by atoms with E-state index in [9.17, 15) is 9.59 Å². The summed E-state index contributed by atoms with van der Waals surface area (Å²) in [4.78, 5) is 29.0. The first kappa shape index (κ1) is 12.7. The smallest absolute Gasteiger partial charge is 0.323 e. The molecule has 21 heavy (non-hydrogen) atoms. The number of hydrogen-bond acceptors (Lipinski definition) is 2. The van der Waals surface area contributed by atoms with Gasteiger partial charge in [-0.25, -0.2) is 4.79 Å². The number of rotatable bonds is 3. The van der Waals surface area contributed by atoms with Crippen LogP contribution >= 0.6 is 0 Å². The normalized spacial score (nSPS) is 28.3.